The van der Waals surface area contributed by atoms with Crippen LogP contribution in [0.1, 0.15) is 74.9 Å². The van der Waals surface area contributed by atoms with E-state index in [1.165, 1.54) is 51.9 Å². The summed E-state index contributed by atoms with van der Waals surface area (Å²) in [6, 6.07) is 40.0. The number of halogens is 2. The number of ether oxygens (including phenoxy) is 5. The highest BCUT2D eigenvalue weighted by molar-refractivity contribution is 7.90. The molecule has 0 radical (unpaired) electrons. The minimum atomic E-state index is -3.70. The summed E-state index contributed by atoms with van der Waals surface area (Å²) < 4.78 is 137. The second-order valence-corrected chi connectivity index (χ2v) is 36.5. The van der Waals surface area contributed by atoms with E-state index in [4.69, 9.17) is 23.7 Å². The number of rotatable bonds is 25. The first-order chi connectivity index (χ1) is 58.7. The van der Waals surface area contributed by atoms with E-state index in [1.54, 1.807) is 94.3 Å². The van der Waals surface area contributed by atoms with Gasteiger partial charge in [-0.05, 0) is 182 Å². The zero-order valence-corrected chi connectivity index (χ0v) is 75.0. The van der Waals surface area contributed by atoms with Crippen molar-refractivity contribution in [2.45, 2.75) is 113 Å². The molecule has 0 bridgehead atoms. The van der Waals surface area contributed by atoms with E-state index in [9.17, 15) is 39.1 Å². The molecule has 34 nitrogen and oxygen atoms in total. The molecule has 0 aliphatic carbocycles. The number of sulfone groups is 1. The van der Waals surface area contributed by atoms with Crippen molar-refractivity contribution in [2.75, 3.05) is 94.1 Å². The fourth-order valence-electron chi connectivity index (χ4n) is 12.3. The number of likely N-dealkylation sites (N-methyl/N-ethyl adjacent to an activating group) is 1. The molecule has 0 saturated heterocycles. The van der Waals surface area contributed by atoms with Gasteiger partial charge in [-0.3, -0.25) is 13.3 Å². The van der Waals surface area contributed by atoms with Gasteiger partial charge in [0.25, 0.3) is 0 Å². The summed E-state index contributed by atoms with van der Waals surface area (Å²) in [6.45, 7) is 23.1. The molecule has 2 atom stereocenters. The lowest BCUT2D eigenvalue weighted by molar-refractivity contribution is 0.0551. The molecule has 0 spiro atoms. The number of methoxy groups -OCH3 is 5. The van der Waals surface area contributed by atoms with Gasteiger partial charge in [0.15, 0.2) is 38.1 Å². The Balaban J connectivity index is 0.000000151. The third-order valence-electron chi connectivity index (χ3n) is 18.5. The standard InChI is InChI=1S/C21H29N5O2.C18H23N5O3S.C15H15FN4O3S.C15H15FN4O2S.C15H16N4O2S/c1-6-25(21(3,4)14-27)13-16-8-9-17(18(11-16)28-5)22-20-23-19-10-7-15(2)12-26(19)24-20;1-12-6-9-16-20-17(21-23(16)11-12)19-14-8-7-13(10-15(14)26-5)27(24,25)22-18(2,3)4;1-9-4-5-14-18-15(19-20(14)8-9)17-11-6-10(16)13(24(3,21)22)7-12(11)23-2;1-9-4-5-14-18-15(19-20(14)8-9)17-11-6-10(16)13(23(3)21)7-12(11)22-2;1-10-4-7-14-17-15(18-19(14)9-10)16-12-6-5-11(22(3)20)8-13(12)21-2/h7-12,27H,6,13-14H2,1-5H3,(H,22,24);6-11,22H,1-5H3,(H,19,21);4-8H,1-3H3,(H,17,19);4-8H,1-3H3,(H,17,19);4-9H,1-3H3,(H,16,18)/t;;;23-;22-/m...11/s1. The molecular weight excluding hydrogens is 1680 g/mol. The average Bonchev–Trinajstić information content (AvgIpc) is 1.62. The predicted octanol–water partition coefficient (Wildman–Crippen LogP) is 13.8. The normalized spacial score (nSPS) is 12.1. The summed E-state index contributed by atoms with van der Waals surface area (Å²) in [5, 5.41) is 46.7. The van der Waals surface area contributed by atoms with Gasteiger partial charge in [0, 0.05) is 113 Å². The minimum Gasteiger partial charge on any atom is -0.495 e. The number of nitrogens with zero attached hydrogens (tertiary/aromatic N) is 16. The van der Waals surface area contributed by atoms with Crippen molar-refractivity contribution < 1.29 is 62.8 Å². The van der Waals surface area contributed by atoms with E-state index in [2.05, 4.69) is 99.6 Å². The number of aromatic nitrogens is 15. The van der Waals surface area contributed by atoms with E-state index < -0.39 is 63.5 Å². The maximum atomic E-state index is 14.1. The number of aryl methyl sites for hydroxylation is 5. The van der Waals surface area contributed by atoms with E-state index in [0.717, 1.165) is 93.3 Å². The van der Waals surface area contributed by atoms with Crippen LogP contribution in [-0.4, -0.2) is 187 Å². The molecule has 124 heavy (non-hydrogen) atoms. The van der Waals surface area contributed by atoms with Gasteiger partial charge in [0.05, 0.1) is 91.2 Å². The molecule has 5 aromatic carbocycles. The first-order valence-electron chi connectivity index (χ1n) is 38.3. The highest BCUT2D eigenvalue weighted by Crippen LogP contribution is 2.37. The van der Waals surface area contributed by atoms with Gasteiger partial charge in [0.2, 0.25) is 39.8 Å². The Hall–Kier alpha value is -12.9. The maximum Gasteiger partial charge on any atom is 0.247 e. The van der Waals surface area contributed by atoms with Crippen molar-refractivity contribution in [3.63, 3.8) is 0 Å². The molecule has 15 aromatic rings. The van der Waals surface area contributed by atoms with Crippen molar-refractivity contribution >= 4 is 128 Å². The summed E-state index contributed by atoms with van der Waals surface area (Å²) in [5.74, 6) is 2.75. The quantitative estimate of drug-likeness (QED) is 0.0279. The summed E-state index contributed by atoms with van der Waals surface area (Å²) >= 11 is 0. The van der Waals surface area contributed by atoms with Gasteiger partial charge in [-0.2, -0.15) is 24.9 Å². The van der Waals surface area contributed by atoms with Crippen LogP contribution in [0.4, 0.5) is 67.0 Å². The van der Waals surface area contributed by atoms with Crippen molar-refractivity contribution in [1.82, 2.24) is 82.6 Å². The fraction of sp³-hybridized carbons (Fsp3) is 0.286. The third kappa shape index (κ3) is 23.3. The SMILES string of the molecule is CCN(Cc1ccc(Nc2nc3ccc(C)cn3n2)c(OC)c1)C(C)(C)CO.COc1cc(S(=O)(=O)NC(C)(C)C)ccc1Nc1nc2ccc(C)cn2n1.COc1cc(S(C)(=O)=O)c(F)cc1Nc1nc2ccc(C)cn2n1.COc1cc([S@@](C)=O)c(F)cc1Nc1nc2ccc(C)cn2n1.COc1cc([S@@](C)=O)ccc1Nc1nc2ccc(C)cn2n1. The van der Waals surface area contributed by atoms with Gasteiger partial charge in [0.1, 0.15) is 45.3 Å². The molecule has 0 aliphatic rings. The fourth-order valence-corrected chi connectivity index (χ4v) is 15.6. The monoisotopic (exact) mass is 1770 g/mol. The number of fused-ring (bicyclic) bond motifs is 5. The van der Waals surface area contributed by atoms with Crippen LogP contribution in [0.2, 0.25) is 0 Å². The molecule has 0 unspecified atom stereocenters. The summed E-state index contributed by atoms with van der Waals surface area (Å²) in [5.41, 5.74) is 11.9. The van der Waals surface area contributed by atoms with Crippen molar-refractivity contribution in [3.05, 3.63) is 216 Å². The van der Waals surface area contributed by atoms with Gasteiger partial charge in [-0.15, -0.1) is 25.5 Å². The van der Waals surface area contributed by atoms with Crippen LogP contribution in [0.25, 0.3) is 28.2 Å². The molecule has 10 heterocycles. The number of nitrogens with one attached hydrogen (secondary N) is 6. The Morgan fingerprint density at radius 2 is 0.774 bits per heavy atom. The van der Waals surface area contributed by atoms with Gasteiger partial charge >= 0.3 is 0 Å². The lowest BCUT2D eigenvalue weighted by atomic mass is 10.0. The number of hydrogen-bond donors (Lipinski definition) is 7. The largest absolute Gasteiger partial charge is 0.495 e. The van der Waals surface area contributed by atoms with Crippen LogP contribution < -0.4 is 55.0 Å². The maximum absolute atomic E-state index is 14.1. The van der Waals surface area contributed by atoms with Crippen LogP contribution in [0.3, 0.4) is 0 Å². The molecule has 654 valence electrons. The third-order valence-corrected chi connectivity index (χ3v) is 23.3. The van der Waals surface area contributed by atoms with Crippen LogP contribution >= 0.6 is 0 Å². The summed E-state index contributed by atoms with van der Waals surface area (Å²) in [6.07, 6.45) is 13.4. The van der Waals surface area contributed by atoms with Crippen LogP contribution in [0, 0.1) is 46.3 Å². The second-order valence-electron chi connectivity index (χ2n) is 30.1. The molecule has 40 heteroatoms. The number of benzene rings is 5. The minimum absolute atomic E-state index is 0.0889. The number of aliphatic hydroxyl groups excluding tert-OH is 1. The summed E-state index contributed by atoms with van der Waals surface area (Å²) in [7, 11) is -2.32. The van der Waals surface area contributed by atoms with Crippen LogP contribution in [0.15, 0.2) is 190 Å². The lowest BCUT2D eigenvalue weighted by Crippen LogP contribution is -2.46. The van der Waals surface area contributed by atoms with Crippen molar-refractivity contribution in [1.29, 1.82) is 0 Å². The Kier molecular flexibility index (Phi) is 29.0. The molecule has 0 aliphatic heterocycles. The first kappa shape index (κ1) is 91.9. The molecule has 0 saturated carbocycles. The van der Waals surface area contributed by atoms with Crippen molar-refractivity contribution in [3.8, 4) is 28.7 Å². The average molecular weight is 1770 g/mol. The Morgan fingerprint density at radius 3 is 1.12 bits per heavy atom. The highest BCUT2D eigenvalue weighted by Gasteiger charge is 2.27. The number of anilines is 10. The Morgan fingerprint density at radius 1 is 0.435 bits per heavy atom. The highest BCUT2D eigenvalue weighted by atomic mass is 32.2. The number of pyridine rings is 5. The first-order valence-corrected chi connectivity index (χ1v) is 44.8. The Bertz CT molecular complexity index is 6680. The van der Waals surface area contributed by atoms with Crippen LogP contribution in [0.5, 0.6) is 28.7 Å². The molecule has 7 N–H and O–H groups in total. The molecule has 0 fully saturated rings. The zero-order chi connectivity index (χ0) is 89.9. The van der Waals surface area contributed by atoms with E-state index in [-0.39, 0.29) is 39.3 Å². The molecule has 15 rings (SSSR count). The van der Waals surface area contributed by atoms with E-state index in [0.29, 0.717) is 74.3 Å². The topological polar surface area (TPSA) is 395 Å². The van der Waals surface area contributed by atoms with Crippen molar-refractivity contribution in [2.24, 2.45) is 0 Å². The number of sulfonamides is 1. The second kappa shape index (κ2) is 39.1. The van der Waals surface area contributed by atoms with Gasteiger partial charge in [-0.25, -0.2) is 52.9 Å². The number of hydrogen-bond acceptors (Lipinski definition) is 28. The number of aliphatic hydroxyl groups is 1. The van der Waals surface area contributed by atoms with Crippen LogP contribution in [-0.2, 0) is 48.0 Å². The predicted molar refractivity (Wildman–Crippen MR) is 475 cm³/mol. The molecule has 0 amide bonds. The summed E-state index contributed by atoms with van der Waals surface area (Å²) in [4.78, 5) is 24.6. The zero-order valence-electron chi connectivity index (χ0n) is 71.8. The Labute approximate surface area is 720 Å². The van der Waals surface area contributed by atoms with Gasteiger partial charge in [-0.1, -0.05) is 43.3 Å². The van der Waals surface area contributed by atoms with Gasteiger partial charge < -0.3 is 55.4 Å². The molecular formula is C84H98F2N22O12S4. The lowest BCUT2D eigenvalue weighted by Gasteiger charge is -2.36. The smallest absolute Gasteiger partial charge is 0.247 e. The van der Waals surface area contributed by atoms with E-state index in [1.807, 2.05) is 146 Å². The van der Waals surface area contributed by atoms with E-state index >= 15 is 0 Å². The molecule has 10 aromatic heterocycles.